The molecule has 14 heavy (non-hydrogen) atoms. The van der Waals surface area contributed by atoms with Crippen LogP contribution in [0.15, 0.2) is 24.3 Å². The van der Waals surface area contributed by atoms with Gasteiger partial charge >= 0.3 is 0 Å². The zero-order valence-electron chi connectivity index (χ0n) is 8.21. The molecule has 0 aromatic heterocycles. The number of amides is 1. The van der Waals surface area contributed by atoms with Crippen molar-refractivity contribution in [1.82, 2.24) is 5.32 Å². The van der Waals surface area contributed by atoms with Crippen molar-refractivity contribution in [2.75, 3.05) is 11.9 Å². The Hall–Kier alpha value is -1.35. The monoisotopic (exact) mass is 190 g/mol. The van der Waals surface area contributed by atoms with Gasteiger partial charge < -0.3 is 10.6 Å². The van der Waals surface area contributed by atoms with Crippen LogP contribution in [0.3, 0.4) is 0 Å². The van der Waals surface area contributed by atoms with Crippen LogP contribution in [0.25, 0.3) is 0 Å². The van der Waals surface area contributed by atoms with Crippen LogP contribution >= 0.6 is 0 Å². The van der Waals surface area contributed by atoms with Crippen LogP contribution in [-0.4, -0.2) is 12.5 Å². The molecular formula is C11H14N2O. The number of hydrogen-bond donors (Lipinski definition) is 2. The van der Waals surface area contributed by atoms with E-state index < -0.39 is 0 Å². The van der Waals surface area contributed by atoms with Crippen LogP contribution in [0.1, 0.15) is 24.9 Å². The Morgan fingerprint density at radius 3 is 2.50 bits per heavy atom. The maximum absolute atomic E-state index is 10.8. The standard InChI is InChI=1S/C11H14N2O/c1-8(14)13-10-4-2-9(3-5-10)11-6-7-12-11/h2-5,11-12H,6-7H2,1H3,(H,13,14)/t11-/m1/s1. The third-order valence-corrected chi connectivity index (χ3v) is 2.46. The summed E-state index contributed by atoms with van der Waals surface area (Å²) in [6.45, 7) is 2.62. The number of nitrogens with one attached hydrogen (secondary N) is 2. The van der Waals surface area contributed by atoms with Gasteiger partial charge in [-0.15, -0.1) is 0 Å². The molecule has 1 atom stereocenters. The molecule has 0 spiro atoms. The first kappa shape index (κ1) is 9.21. The van der Waals surface area contributed by atoms with E-state index in [0.717, 1.165) is 12.2 Å². The molecule has 3 nitrogen and oxygen atoms in total. The number of carbonyl (C=O) groups excluding carboxylic acids is 1. The van der Waals surface area contributed by atoms with Gasteiger partial charge in [0.15, 0.2) is 0 Å². The predicted octanol–water partition coefficient (Wildman–Crippen LogP) is 1.68. The number of hydrogen-bond acceptors (Lipinski definition) is 2. The van der Waals surface area contributed by atoms with Gasteiger partial charge in [-0.1, -0.05) is 12.1 Å². The van der Waals surface area contributed by atoms with Crippen molar-refractivity contribution in [3.63, 3.8) is 0 Å². The van der Waals surface area contributed by atoms with Gasteiger partial charge in [-0.25, -0.2) is 0 Å². The molecule has 74 valence electrons. The molecule has 1 fully saturated rings. The Morgan fingerprint density at radius 2 is 2.07 bits per heavy atom. The predicted molar refractivity (Wildman–Crippen MR) is 56.1 cm³/mol. The first-order valence-electron chi connectivity index (χ1n) is 4.86. The quantitative estimate of drug-likeness (QED) is 0.745. The Balaban J connectivity index is 2.05. The second kappa shape index (κ2) is 3.80. The van der Waals surface area contributed by atoms with E-state index in [1.807, 2.05) is 12.1 Å². The Kier molecular flexibility index (Phi) is 2.50. The van der Waals surface area contributed by atoms with Gasteiger partial charge in [0.2, 0.25) is 5.91 Å². The molecule has 1 saturated heterocycles. The summed E-state index contributed by atoms with van der Waals surface area (Å²) < 4.78 is 0. The number of benzene rings is 1. The molecule has 1 amide bonds. The molecule has 1 aromatic rings. The fraction of sp³-hybridized carbons (Fsp3) is 0.364. The second-order valence-electron chi connectivity index (χ2n) is 3.60. The fourth-order valence-electron chi connectivity index (χ4n) is 1.58. The molecule has 1 heterocycles. The summed E-state index contributed by atoms with van der Waals surface area (Å²) in [5, 5.41) is 6.08. The van der Waals surface area contributed by atoms with Gasteiger partial charge in [0.1, 0.15) is 0 Å². The molecule has 0 bridgehead atoms. The van der Waals surface area contributed by atoms with Crippen molar-refractivity contribution in [2.45, 2.75) is 19.4 Å². The third-order valence-electron chi connectivity index (χ3n) is 2.46. The highest BCUT2D eigenvalue weighted by Crippen LogP contribution is 2.23. The highest BCUT2D eigenvalue weighted by atomic mass is 16.1. The molecule has 1 aliphatic rings. The average Bonchev–Trinajstić information content (AvgIpc) is 2.04. The summed E-state index contributed by atoms with van der Waals surface area (Å²) in [6, 6.07) is 8.51. The summed E-state index contributed by atoms with van der Waals surface area (Å²) >= 11 is 0. The van der Waals surface area contributed by atoms with E-state index in [1.165, 1.54) is 18.9 Å². The molecule has 0 radical (unpaired) electrons. The summed E-state index contributed by atoms with van der Waals surface area (Å²) in [6.07, 6.45) is 1.21. The smallest absolute Gasteiger partial charge is 0.221 e. The van der Waals surface area contributed by atoms with Crippen LogP contribution in [0.4, 0.5) is 5.69 Å². The van der Waals surface area contributed by atoms with Crippen molar-refractivity contribution < 1.29 is 4.79 Å². The first-order valence-corrected chi connectivity index (χ1v) is 4.86. The van der Waals surface area contributed by atoms with Crippen LogP contribution in [0.2, 0.25) is 0 Å². The maximum atomic E-state index is 10.8. The lowest BCUT2D eigenvalue weighted by atomic mass is 9.98. The van der Waals surface area contributed by atoms with E-state index in [0.29, 0.717) is 6.04 Å². The van der Waals surface area contributed by atoms with Gasteiger partial charge in [-0.3, -0.25) is 4.79 Å². The highest BCUT2D eigenvalue weighted by Gasteiger charge is 2.17. The molecule has 0 aliphatic carbocycles. The lowest BCUT2D eigenvalue weighted by molar-refractivity contribution is -0.114. The third kappa shape index (κ3) is 1.93. The summed E-state index contributed by atoms with van der Waals surface area (Å²) in [7, 11) is 0. The zero-order valence-corrected chi connectivity index (χ0v) is 8.21. The molecular weight excluding hydrogens is 176 g/mol. The molecule has 0 saturated carbocycles. The lowest BCUT2D eigenvalue weighted by Crippen LogP contribution is -2.34. The first-order chi connectivity index (χ1) is 6.75. The molecule has 3 heteroatoms. The molecule has 2 rings (SSSR count). The molecule has 0 unspecified atom stereocenters. The van der Waals surface area contributed by atoms with Gasteiger partial charge in [-0.05, 0) is 30.7 Å². The number of rotatable bonds is 2. The Labute approximate surface area is 83.5 Å². The van der Waals surface area contributed by atoms with E-state index in [4.69, 9.17) is 0 Å². The van der Waals surface area contributed by atoms with E-state index in [1.54, 1.807) is 0 Å². The minimum Gasteiger partial charge on any atom is -0.326 e. The number of carbonyl (C=O) groups is 1. The summed E-state index contributed by atoms with van der Waals surface area (Å²) in [4.78, 5) is 10.8. The Bertz CT molecular complexity index is 328. The minimum absolute atomic E-state index is 0.0282. The van der Waals surface area contributed by atoms with Crippen molar-refractivity contribution >= 4 is 11.6 Å². The summed E-state index contributed by atoms with van der Waals surface area (Å²) in [5.41, 5.74) is 2.16. The largest absolute Gasteiger partial charge is 0.326 e. The van der Waals surface area contributed by atoms with Crippen molar-refractivity contribution in [2.24, 2.45) is 0 Å². The molecule has 2 N–H and O–H groups in total. The Morgan fingerprint density at radius 1 is 1.43 bits per heavy atom. The van der Waals surface area contributed by atoms with Crippen molar-refractivity contribution in [1.29, 1.82) is 0 Å². The highest BCUT2D eigenvalue weighted by molar-refractivity contribution is 5.88. The van der Waals surface area contributed by atoms with E-state index >= 15 is 0 Å². The van der Waals surface area contributed by atoms with E-state index in [2.05, 4.69) is 22.8 Å². The van der Waals surface area contributed by atoms with Crippen LogP contribution in [0, 0.1) is 0 Å². The van der Waals surface area contributed by atoms with Crippen molar-refractivity contribution in [3.8, 4) is 0 Å². The molecule has 1 aromatic carbocycles. The second-order valence-corrected chi connectivity index (χ2v) is 3.60. The van der Waals surface area contributed by atoms with Crippen LogP contribution in [-0.2, 0) is 4.79 Å². The average molecular weight is 190 g/mol. The number of anilines is 1. The van der Waals surface area contributed by atoms with E-state index in [-0.39, 0.29) is 5.91 Å². The molecule has 1 aliphatic heterocycles. The van der Waals surface area contributed by atoms with E-state index in [9.17, 15) is 4.79 Å². The van der Waals surface area contributed by atoms with Gasteiger partial charge in [-0.2, -0.15) is 0 Å². The van der Waals surface area contributed by atoms with Gasteiger partial charge in [0, 0.05) is 18.7 Å². The van der Waals surface area contributed by atoms with Gasteiger partial charge in [0.25, 0.3) is 0 Å². The summed E-state index contributed by atoms with van der Waals surface area (Å²) in [5.74, 6) is -0.0282. The van der Waals surface area contributed by atoms with Gasteiger partial charge in [0.05, 0.1) is 0 Å². The minimum atomic E-state index is -0.0282. The zero-order chi connectivity index (χ0) is 9.97. The van der Waals surface area contributed by atoms with Crippen molar-refractivity contribution in [3.05, 3.63) is 29.8 Å². The normalized spacial score (nSPS) is 19.9. The maximum Gasteiger partial charge on any atom is 0.221 e. The SMILES string of the molecule is CC(=O)Nc1ccc([C@H]2CCN2)cc1. The van der Waals surface area contributed by atoms with Crippen LogP contribution in [0.5, 0.6) is 0 Å². The van der Waals surface area contributed by atoms with Crippen LogP contribution < -0.4 is 10.6 Å². The lowest BCUT2D eigenvalue weighted by Gasteiger charge is -2.28. The fourth-order valence-corrected chi connectivity index (χ4v) is 1.58. The topological polar surface area (TPSA) is 41.1 Å².